The maximum atomic E-state index is 11.1. The molecule has 4 nitrogen and oxygen atoms in total. The second-order valence-electron chi connectivity index (χ2n) is 4.89. The zero-order valence-corrected chi connectivity index (χ0v) is 11.1. The van der Waals surface area contributed by atoms with Crippen LogP contribution in [-0.2, 0) is 16.1 Å². The molecule has 0 radical (unpaired) electrons. The van der Waals surface area contributed by atoms with Gasteiger partial charge in [0.05, 0.1) is 12.3 Å². The Balaban J connectivity index is 1.55. The molecule has 1 aliphatic rings. The number of esters is 1. The van der Waals surface area contributed by atoms with Gasteiger partial charge in [-0.1, -0.05) is 6.42 Å². The monoisotopic (exact) mass is 250 g/mol. The van der Waals surface area contributed by atoms with Crippen LogP contribution in [0, 0.1) is 0 Å². The molecule has 0 aliphatic heterocycles. The Hall–Kier alpha value is -1.32. The van der Waals surface area contributed by atoms with Gasteiger partial charge in [-0.3, -0.25) is 9.48 Å². The number of carbonyl (C=O) groups is 1. The van der Waals surface area contributed by atoms with E-state index in [0.717, 1.165) is 31.7 Å². The molecule has 0 bridgehead atoms. The summed E-state index contributed by atoms with van der Waals surface area (Å²) in [6, 6.07) is 2.14. The topological polar surface area (TPSA) is 44.1 Å². The number of carbonyl (C=O) groups excluding carboxylic acids is 1. The zero-order valence-electron chi connectivity index (χ0n) is 11.1. The highest BCUT2D eigenvalue weighted by Crippen LogP contribution is 2.38. The lowest BCUT2D eigenvalue weighted by Crippen LogP contribution is -2.04. The van der Waals surface area contributed by atoms with Gasteiger partial charge in [0.1, 0.15) is 0 Å². The number of hydrogen-bond donors (Lipinski definition) is 0. The molecule has 1 aromatic rings. The SMILES string of the molecule is CCOC(=O)CCCCCn1ccc(C2CC2)n1. The number of hydrogen-bond acceptors (Lipinski definition) is 3. The Labute approximate surface area is 108 Å². The molecular formula is C14H22N2O2. The number of aryl methyl sites for hydroxylation is 1. The number of ether oxygens (including phenoxy) is 1. The Kier molecular flexibility index (Phi) is 4.79. The molecule has 1 aliphatic carbocycles. The molecule has 0 N–H and O–H groups in total. The smallest absolute Gasteiger partial charge is 0.305 e. The molecule has 0 unspecified atom stereocenters. The van der Waals surface area contributed by atoms with Crippen LogP contribution in [0.1, 0.15) is 57.1 Å². The molecule has 2 rings (SSSR count). The molecule has 0 atom stereocenters. The summed E-state index contributed by atoms with van der Waals surface area (Å²) in [6.45, 7) is 3.28. The maximum absolute atomic E-state index is 11.1. The Morgan fingerprint density at radius 1 is 1.44 bits per heavy atom. The molecular weight excluding hydrogens is 228 g/mol. The minimum absolute atomic E-state index is 0.0763. The number of rotatable bonds is 8. The summed E-state index contributed by atoms with van der Waals surface area (Å²) in [6.07, 6.45) is 8.25. The van der Waals surface area contributed by atoms with Crippen molar-refractivity contribution < 1.29 is 9.53 Å². The van der Waals surface area contributed by atoms with Gasteiger partial charge >= 0.3 is 5.97 Å². The first kappa shape index (κ1) is 13.1. The predicted molar refractivity (Wildman–Crippen MR) is 69.3 cm³/mol. The second kappa shape index (κ2) is 6.57. The van der Waals surface area contributed by atoms with Crippen molar-refractivity contribution in [1.82, 2.24) is 9.78 Å². The summed E-state index contributed by atoms with van der Waals surface area (Å²) >= 11 is 0. The fourth-order valence-electron chi connectivity index (χ4n) is 2.05. The number of aromatic nitrogens is 2. The Morgan fingerprint density at radius 3 is 3.00 bits per heavy atom. The predicted octanol–water partition coefficient (Wildman–Crippen LogP) is 2.88. The van der Waals surface area contributed by atoms with E-state index < -0.39 is 0 Å². The molecule has 100 valence electrons. The van der Waals surface area contributed by atoms with Crippen LogP contribution in [0.4, 0.5) is 0 Å². The van der Waals surface area contributed by atoms with Crippen molar-refractivity contribution in [3.8, 4) is 0 Å². The van der Waals surface area contributed by atoms with E-state index in [1.807, 2.05) is 11.6 Å². The Bertz CT molecular complexity index is 383. The lowest BCUT2D eigenvalue weighted by Gasteiger charge is -2.02. The highest BCUT2D eigenvalue weighted by atomic mass is 16.5. The fourth-order valence-corrected chi connectivity index (χ4v) is 2.05. The average molecular weight is 250 g/mol. The highest BCUT2D eigenvalue weighted by molar-refractivity contribution is 5.69. The highest BCUT2D eigenvalue weighted by Gasteiger charge is 2.25. The van der Waals surface area contributed by atoms with E-state index in [0.29, 0.717) is 13.0 Å². The van der Waals surface area contributed by atoms with Crippen molar-refractivity contribution in [3.63, 3.8) is 0 Å². The lowest BCUT2D eigenvalue weighted by molar-refractivity contribution is -0.143. The van der Waals surface area contributed by atoms with E-state index in [2.05, 4.69) is 17.4 Å². The third-order valence-corrected chi connectivity index (χ3v) is 3.23. The van der Waals surface area contributed by atoms with Gasteiger partial charge in [0.2, 0.25) is 0 Å². The second-order valence-corrected chi connectivity index (χ2v) is 4.89. The molecule has 1 saturated carbocycles. The van der Waals surface area contributed by atoms with Crippen molar-refractivity contribution in [2.45, 2.75) is 57.9 Å². The van der Waals surface area contributed by atoms with Crippen LogP contribution >= 0.6 is 0 Å². The van der Waals surface area contributed by atoms with Crippen LogP contribution in [0.5, 0.6) is 0 Å². The first-order valence-electron chi connectivity index (χ1n) is 6.98. The van der Waals surface area contributed by atoms with E-state index in [-0.39, 0.29) is 5.97 Å². The van der Waals surface area contributed by atoms with Crippen molar-refractivity contribution in [2.75, 3.05) is 6.61 Å². The van der Waals surface area contributed by atoms with Gasteiger partial charge in [0, 0.05) is 25.1 Å². The fraction of sp³-hybridized carbons (Fsp3) is 0.714. The molecule has 0 saturated heterocycles. The van der Waals surface area contributed by atoms with E-state index in [9.17, 15) is 4.79 Å². The molecule has 18 heavy (non-hydrogen) atoms. The van der Waals surface area contributed by atoms with Crippen LogP contribution < -0.4 is 0 Å². The molecule has 1 heterocycles. The number of nitrogens with zero attached hydrogens (tertiary/aromatic N) is 2. The quantitative estimate of drug-likeness (QED) is 0.526. The molecule has 0 aromatic carbocycles. The molecule has 1 fully saturated rings. The normalized spacial score (nSPS) is 14.7. The standard InChI is InChI=1S/C14H22N2O2/c1-2-18-14(17)6-4-3-5-10-16-11-9-13(15-16)12-7-8-12/h9,11-12H,2-8,10H2,1H3. The molecule has 0 spiro atoms. The van der Waals surface area contributed by atoms with Crippen molar-refractivity contribution in [1.29, 1.82) is 0 Å². The van der Waals surface area contributed by atoms with Crippen molar-refractivity contribution >= 4 is 5.97 Å². The summed E-state index contributed by atoms with van der Waals surface area (Å²) in [5.74, 6) is 0.655. The zero-order chi connectivity index (χ0) is 12.8. The van der Waals surface area contributed by atoms with Crippen LogP contribution in [0.15, 0.2) is 12.3 Å². The van der Waals surface area contributed by atoms with Crippen LogP contribution in [0.25, 0.3) is 0 Å². The van der Waals surface area contributed by atoms with E-state index >= 15 is 0 Å². The molecule has 4 heteroatoms. The maximum Gasteiger partial charge on any atom is 0.305 e. The minimum atomic E-state index is -0.0763. The largest absolute Gasteiger partial charge is 0.466 e. The van der Waals surface area contributed by atoms with Gasteiger partial charge in [-0.25, -0.2) is 0 Å². The van der Waals surface area contributed by atoms with Gasteiger partial charge in [0.25, 0.3) is 0 Å². The summed E-state index contributed by atoms with van der Waals surface area (Å²) in [7, 11) is 0. The first-order chi connectivity index (χ1) is 8.79. The van der Waals surface area contributed by atoms with Gasteiger partial charge < -0.3 is 4.74 Å². The van der Waals surface area contributed by atoms with E-state index in [1.54, 1.807) is 0 Å². The van der Waals surface area contributed by atoms with Crippen LogP contribution in [0.3, 0.4) is 0 Å². The van der Waals surface area contributed by atoms with Gasteiger partial charge in [-0.15, -0.1) is 0 Å². The summed E-state index contributed by atoms with van der Waals surface area (Å²) in [5, 5.41) is 4.56. The van der Waals surface area contributed by atoms with Gasteiger partial charge in [0.15, 0.2) is 0 Å². The van der Waals surface area contributed by atoms with Crippen molar-refractivity contribution in [3.05, 3.63) is 18.0 Å². The third kappa shape index (κ3) is 4.17. The van der Waals surface area contributed by atoms with Crippen molar-refractivity contribution in [2.24, 2.45) is 0 Å². The van der Waals surface area contributed by atoms with Gasteiger partial charge in [-0.05, 0) is 38.7 Å². The Morgan fingerprint density at radius 2 is 2.28 bits per heavy atom. The average Bonchev–Trinajstić information content (AvgIpc) is 3.10. The third-order valence-electron chi connectivity index (χ3n) is 3.23. The summed E-state index contributed by atoms with van der Waals surface area (Å²) < 4.78 is 6.91. The summed E-state index contributed by atoms with van der Waals surface area (Å²) in [5.41, 5.74) is 1.25. The van der Waals surface area contributed by atoms with Crippen LogP contribution in [0.2, 0.25) is 0 Å². The van der Waals surface area contributed by atoms with E-state index in [4.69, 9.17) is 4.74 Å². The number of unbranched alkanes of at least 4 members (excludes halogenated alkanes) is 2. The molecule has 0 amide bonds. The van der Waals surface area contributed by atoms with Crippen LogP contribution in [-0.4, -0.2) is 22.4 Å². The first-order valence-corrected chi connectivity index (χ1v) is 6.98. The lowest BCUT2D eigenvalue weighted by atomic mass is 10.2. The van der Waals surface area contributed by atoms with Gasteiger partial charge in [-0.2, -0.15) is 5.10 Å². The van der Waals surface area contributed by atoms with E-state index in [1.165, 1.54) is 18.5 Å². The minimum Gasteiger partial charge on any atom is -0.466 e. The molecule has 1 aromatic heterocycles. The summed E-state index contributed by atoms with van der Waals surface area (Å²) in [4.78, 5) is 11.1.